The van der Waals surface area contributed by atoms with Crippen molar-refractivity contribution < 1.29 is 0 Å². The van der Waals surface area contributed by atoms with Crippen molar-refractivity contribution in [2.75, 3.05) is 19.6 Å². The first kappa shape index (κ1) is 14.3. The van der Waals surface area contributed by atoms with E-state index >= 15 is 0 Å². The van der Waals surface area contributed by atoms with Crippen molar-refractivity contribution in [3.8, 4) is 0 Å². The molecule has 2 rings (SSSR count). The van der Waals surface area contributed by atoms with Gasteiger partial charge in [0.15, 0.2) is 0 Å². The topological polar surface area (TPSA) is 15.3 Å². The van der Waals surface area contributed by atoms with Crippen LogP contribution in [-0.4, -0.2) is 36.6 Å². The van der Waals surface area contributed by atoms with E-state index in [0.717, 1.165) is 29.7 Å². The molecule has 2 fully saturated rings. The number of hydrogen-bond donors (Lipinski definition) is 1. The van der Waals surface area contributed by atoms with Gasteiger partial charge in [-0.3, -0.25) is 4.90 Å². The molecule has 2 nitrogen and oxygen atoms in total. The quantitative estimate of drug-likeness (QED) is 0.809. The Bertz CT molecular complexity index is 250. The third-order valence-corrected chi connectivity index (χ3v) is 5.08. The summed E-state index contributed by atoms with van der Waals surface area (Å²) < 4.78 is 0. The summed E-state index contributed by atoms with van der Waals surface area (Å²) in [5, 5.41) is 3.75. The molecule has 2 atom stereocenters. The van der Waals surface area contributed by atoms with E-state index in [-0.39, 0.29) is 0 Å². The second kappa shape index (κ2) is 5.92. The minimum absolute atomic E-state index is 0.708. The van der Waals surface area contributed by atoms with Gasteiger partial charge in [-0.1, -0.05) is 27.7 Å². The third-order valence-electron chi connectivity index (χ3n) is 5.08. The largest absolute Gasteiger partial charge is 0.311 e. The standard InChI is InChI=1S/C16H32N2/c1-11(2)15(12(3)4)9-18-10-16(14-6-7-14)17-8-13(18)5/h11-17H,6-10H2,1-5H3. The lowest BCUT2D eigenvalue weighted by Gasteiger charge is -2.42. The van der Waals surface area contributed by atoms with Crippen molar-refractivity contribution in [2.24, 2.45) is 23.7 Å². The van der Waals surface area contributed by atoms with Crippen molar-refractivity contribution in [2.45, 2.75) is 59.5 Å². The zero-order chi connectivity index (χ0) is 13.3. The van der Waals surface area contributed by atoms with Crippen LogP contribution < -0.4 is 5.32 Å². The van der Waals surface area contributed by atoms with Crippen molar-refractivity contribution in [3.05, 3.63) is 0 Å². The Kier molecular flexibility index (Phi) is 4.71. The summed E-state index contributed by atoms with van der Waals surface area (Å²) in [6, 6.07) is 1.49. The average Bonchev–Trinajstić information content (AvgIpc) is 3.10. The summed E-state index contributed by atoms with van der Waals surface area (Å²) in [6.45, 7) is 15.7. The van der Waals surface area contributed by atoms with Gasteiger partial charge in [-0.25, -0.2) is 0 Å². The molecular weight excluding hydrogens is 220 g/mol. The van der Waals surface area contributed by atoms with Gasteiger partial charge in [0, 0.05) is 31.7 Å². The van der Waals surface area contributed by atoms with Crippen molar-refractivity contribution in [1.29, 1.82) is 0 Å². The molecule has 0 aromatic heterocycles. The first-order valence-electron chi connectivity index (χ1n) is 7.96. The predicted octanol–water partition coefficient (Wildman–Crippen LogP) is 2.99. The van der Waals surface area contributed by atoms with Crippen LogP contribution in [-0.2, 0) is 0 Å². The van der Waals surface area contributed by atoms with E-state index in [4.69, 9.17) is 0 Å². The van der Waals surface area contributed by atoms with E-state index in [1.165, 1.54) is 32.5 Å². The van der Waals surface area contributed by atoms with Crippen LogP contribution in [0.4, 0.5) is 0 Å². The molecular formula is C16H32N2. The van der Waals surface area contributed by atoms with Crippen LogP contribution in [0.2, 0.25) is 0 Å². The molecule has 2 unspecified atom stereocenters. The summed E-state index contributed by atoms with van der Waals surface area (Å²) in [5.41, 5.74) is 0. The monoisotopic (exact) mass is 252 g/mol. The number of piperazine rings is 1. The lowest BCUT2D eigenvalue weighted by Crippen LogP contribution is -2.57. The summed E-state index contributed by atoms with van der Waals surface area (Å²) in [7, 11) is 0. The Labute approximate surface area is 114 Å². The van der Waals surface area contributed by atoms with Gasteiger partial charge in [-0.2, -0.15) is 0 Å². The van der Waals surface area contributed by atoms with Crippen LogP contribution in [0.5, 0.6) is 0 Å². The average molecular weight is 252 g/mol. The Morgan fingerprint density at radius 2 is 1.72 bits per heavy atom. The Morgan fingerprint density at radius 3 is 2.22 bits per heavy atom. The Balaban J connectivity index is 1.92. The summed E-state index contributed by atoms with van der Waals surface area (Å²) >= 11 is 0. The molecule has 18 heavy (non-hydrogen) atoms. The molecule has 1 aliphatic carbocycles. The van der Waals surface area contributed by atoms with E-state index < -0.39 is 0 Å². The SMILES string of the molecule is CC(C)C(CN1CC(C2CC2)NCC1C)C(C)C. The van der Waals surface area contributed by atoms with Crippen LogP contribution >= 0.6 is 0 Å². The van der Waals surface area contributed by atoms with E-state index in [1.54, 1.807) is 0 Å². The van der Waals surface area contributed by atoms with Crippen LogP contribution in [0.1, 0.15) is 47.5 Å². The molecule has 0 aromatic rings. The van der Waals surface area contributed by atoms with Gasteiger partial charge < -0.3 is 5.32 Å². The zero-order valence-corrected chi connectivity index (χ0v) is 12.9. The lowest BCUT2D eigenvalue weighted by molar-refractivity contribution is 0.0866. The molecule has 106 valence electrons. The molecule has 0 bridgehead atoms. The minimum Gasteiger partial charge on any atom is -0.311 e. The fourth-order valence-corrected chi connectivity index (χ4v) is 3.48. The molecule has 1 saturated carbocycles. The van der Waals surface area contributed by atoms with E-state index in [1.807, 2.05) is 0 Å². The highest BCUT2D eigenvalue weighted by Crippen LogP contribution is 2.34. The molecule has 0 radical (unpaired) electrons. The number of nitrogens with one attached hydrogen (secondary N) is 1. The van der Waals surface area contributed by atoms with Gasteiger partial charge in [0.1, 0.15) is 0 Å². The van der Waals surface area contributed by atoms with Gasteiger partial charge in [-0.05, 0) is 43.4 Å². The van der Waals surface area contributed by atoms with Gasteiger partial charge in [0.25, 0.3) is 0 Å². The van der Waals surface area contributed by atoms with Gasteiger partial charge in [-0.15, -0.1) is 0 Å². The molecule has 1 heterocycles. The van der Waals surface area contributed by atoms with E-state index in [9.17, 15) is 0 Å². The van der Waals surface area contributed by atoms with E-state index in [2.05, 4.69) is 44.8 Å². The second-order valence-electron chi connectivity index (χ2n) is 7.31. The van der Waals surface area contributed by atoms with Crippen molar-refractivity contribution in [1.82, 2.24) is 10.2 Å². The van der Waals surface area contributed by atoms with Crippen LogP contribution in [0.25, 0.3) is 0 Å². The van der Waals surface area contributed by atoms with Crippen molar-refractivity contribution >= 4 is 0 Å². The highest BCUT2D eigenvalue weighted by Gasteiger charge is 2.36. The minimum atomic E-state index is 0.708. The first-order valence-corrected chi connectivity index (χ1v) is 7.96. The molecule has 2 aliphatic rings. The van der Waals surface area contributed by atoms with E-state index in [0.29, 0.717) is 6.04 Å². The Hall–Kier alpha value is -0.0800. The normalized spacial score (nSPS) is 30.7. The summed E-state index contributed by atoms with van der Waals surface area (Å²) in [6.07, 6.45) is 2.91. The number of hydrogen-bond acceptors (Lipinski definition) is 2. The molecule has 0 spiro atoms. The fourth-order valence-electron chi connectivity index (χ4n) is 3.48. The third kappa shape index (κ3) is 3.48. The van der Waals surface area contributed by atoms with Crippen LogP contribution in [0.15, 0.2) is 0 Å². The van der Waals surface area contributed by atoms with Crippen molar-refractivity contribution in [3.63, 3.8) is 0 Å². The maximum Gasteiger partial charge on any atom is 0.0224 e. The summed E-state index contributed by atoms with van der Waals surface area (Å²) in [4.78, 5) is 2.75. The highest BCUT2D eigenvalue weighted by atomic mass is 15.2. The van der Waals surface area contributed by atoms with Gasteiger partial charge in [0.2, 0.25) is 0 Å². The Morgan fingerprint density at radius 1 is 1.11 bits per heavy atom. The summed E-state index contributed by atoms with van der Waals surface area (Å²) in [5.74, 6) is 3.42. The molecule has 1 aliphatic heterocycles. The van der Waals surface area contributed by atoms with Crippen LogP contribution in [0.3, 0.4) is 0 Å². The maximum absolute atomic E-state index is 3.75. The highest BCUT2D eigenvalue weighted by molar-refractivity contribution is 4.94. The molecule has 0 amide bonds. The molecule has 1 saturated heterocycles. The molecule has 2 heteroatoms. The number of rotatable bonds is 5. The number of nitrogens with zero attached hydrogens (tertiary/aromatic N) is 1. The molecule has 1 N–H and O–H groups in total. The van der Waals surface area contributed by atoms with Gasteiger partial charge in [0.05, 0.1) is 0 Å². The predicted molar refractivity (Wildman–Crippen MR) is 78.7 cm³/mol. The van der Waals surface area contributed by atoms with Gasteiger partial charge >= 0.3 is 0 Å². The maximum atomic E-state index is 3.75. The zero-order valence-electron chi connectivity index (χ0n) is 12.9. The van der Waals surface area contributed by atoms with Crippen LogP contribution in [0, 0.1) is 23.7 Å². The fraction of sp³-hybridized carbons (Fsp3) is 1.00. The lowest BCUT2D eigenvalue weighted by atomic mass is 9.84. The smallest absolute Gasteiger partial charge is 0.0224 e. The molecule has 0 aromatic carbocycles. The second-order valence-corrected chi connectivity index (χ2v) is 7.31. The first-order chi connectivity index (χ1) is 8.49.